The lowest BCUT2D eigenvalue weighted by molar-refractivity contribution is 0.174. The molecule has 0 spiro atoms. The highest BCUT2D eigenvalue weighted by Gasteiger charge is 2.11. The van der Waals surface area contributed by atoms with Crippen LogP contribution in [0.15, 0.2) is 42.5 Å². The predicted octanol–water partition coefficient (Wildman–Crippen LogP) is 3.25. The van der Waals surface area contributed by atoms with Gasteiger partial charge in [0, 0.05) is 6.42 Å². The minimum absolute atomic E-state index is 0.131. The van der Waals surface area contributed by atoms with Crippen molar-refractivity contribution >= 4 is 0 Å². The van der Waals surface area contributed by atoms with E-state index in [9.17, 15) is 18.3 Å². The first-order valence-corrected chi connectivity index (χ1v) is 5.91. The van der Waals surface area contributed by atoms with E-state index in [1.54, 1.807) is 18.2 Å². The maximum atomic E-state index is 13.4. The summed E-state index contributed by atoms with van der Waals surface area (Å²) in [6.07, 6.45) is -0.571. The Morgan fingerprint density at radius 2 is 1.58 bits per heavy atom. The van der Waals surface area contributed by atoms with Gasteiger partial charge in [0.05, 0.1) is 6.10 Å². The molecule has 0 aliphatic heterocycles. The van der Waals surface area contributed by atoms with E-state index in [0.717, 1.165) is 12.1 Å². The van der Waals surface area contributed by atoms with Crippen molar-refractivity contribution in [2.24, 2.45) is 0 Å². The number of hydrogen-bond donors (Lipinski definition) is 1. The minimum Gasteiger partial charge on any atom is -0.392 e. The van der Waals surface area contributed by atoms with Crippen LogP contribution in [0.4, 0.5) is 13.2 Å². The molecule has 19 heavy (non-hydrogen) atoms. The van der Waals surface area contributed by atoms with Gasteiger partial charge in [0.1, 0.15) is 5.82 Å². The molecule has 4 heteroatoms. The zero-order valence-electron chi connectivity index (χ0n) is 10.1. The molecule has 1 unspecified atom stereocenters. The average Bonchev–Trinajstić information content (AvgIpc) is 2.37. The molecule has 0 bridgehead atoms. The van der Waals surface area contributed by atoms with Crippen LogP contribution in [0.1, 0.15) is 11.1 Å². The molecule has 0 fully saturated rings. The third kappa shape index (κ3) is 3.58. The summed E-state index contributed by atoms with van der Waals surface area (Å²) in [6.45, 7) is 0. The second-order valence-electron chi connectivity index (χ2n) is 4.40. The molecule has 1 atom stereocenters. The van der Waals surface area contributed by atoms with E-state index in [2.05, 4.69) is 0 Å². The molecule has 2 aromatic carbocycles. The van der Waals surface area contributed by atoms with Gasteiger partial charge in [-0.2, -0.15) is 0 Å². The van der Waals surface area contributed by atoms with E-state index in [4.69, 9.17) is 0 Å². The van der Waals surface area contributed by atoms with Crippen LogP contribution in [-0.2, 0) is 12.8 Å². The van der Waals surface area contributed by atoms with Gasteiger partial charge in [-0.25, -0.2) is 13.2 Å². The van der Waals surface area contributed by atoms with Gasteiger partial charge in [0.2, 0.25) is 0 Å². The third-order valence-electron chi connectivity index (χ3n) is 2.87. The van der Waals surface area contributed by atoms with Crippen LogP contribution < -0.4 is 0 Å². The molecule has 100 valence electrons. The minimum atomic E-state index is -0.949. The Bertz CT molecular complexity index is 569. The normalized spacial score (nSPS) is 12.4. The fourth-order valence-corrected chi connectivity index (χ4v) is 1.93. The molecule has 1 N–H and O–H groups in total. The van der Waals surface area contributed by atoms with E-state index in [1.807, 2.05) is 0 Å². The zero-order valence-corrected chi connectivity index (χ0v) is 10.1. The molecule has 0 aromatic heterocycles. The summed E-state index contributed by atoms with van der Waals surface area (Å²) in [5.41, 5.74) is 0.875. The van der Waals surface area contributed by atoms with Crippen molar-refractivity contribution in [1.29, 1.82) is 0 Å². The van der Waals surface area contributed by atoms with E-state index >= 15 is 0 Å². The average molecular weight is 266 g/mol. The highest BCUT2D eigenvalue weighted by Crippen LogP contribution is 2.14. The maximum absolute atomic E-state index is 13.4. The van der Waals surface area contributed by atoms with Crippen molar-refractivity contribution in [2.75, 3.05) is 0 Å². The Labute approximate surface area is 109 Å². The molecule has 0 amide bonds. The van der Waals surface area contributed by atoms with Gasteiger partial charge in [0.25, 0.3) is 0 Å². The number of hydrogen-bond acceptors (Lipinski definition) is 1. The van der Waals surface area contributed by atoms with Crippen molar-refractivity contribution in [3.8, 4) is 0 Å². The monoisotopic (exact) mass is 266 g/mol. The van der Waals surface area contributed by atoms with Crippen LogP contribution in [-0.4, -0.2) is 11.2 Å². The molecular weight excluding hydrogens is 253 g/mol. The van der Waals surface area contributed by atoms with Crippen molar-refractivity contribution in [3.63, 3.8) is 0 Å². The highest BCUT2D eigenvalue weighted by molar-refractivity contribution is 5.21. The summed E-state index contributed by atoms with van der Waals surface area (Å²) >= 11 is 0. The zero-order chi connectivity index (χ0) is 13.8. The van der Waals surface area contributed by atoms with Crippen LogP contribution in [0.5, 0.6) is 0 Å². The van der Waals surface area contributed by atoms with Crippen LogP contribution >= 0.6 is 0 Å². The Morgan fingerprint density at radius 3 is 2.26 bits per heavy atom. The van der Waals surface area contributed by atoms with Crippen LogP contribution in [0.3, 0.4) is 0 Å². The molecular formula is C15H13F3O. The second kappa shape index (κ2) is 5.89. The molecule has 1 nitrogen and oxygen atoms in total. The van der Waals surface area contributed by atoms with Gasteiger partial charge in [-0.1, -0.05) is 24.3 Å². The molecule has 2 rings (SSSR count). The first-order valence-electron chi connectivity index (χ1n) is 5.91. The largest absolute Gasteiger partial charge is 0.392 e. The summed E-state index contributed by atoms with van der Waals surface area (Å²) in [7, 11) is 0. The fourth-order valence-electron chi connectivity index (χ4n) is 1.93. The lowest BCUT2D eigenvalue weighted by Crippen LogP contribution is -2.15. The summed E-state index contributed by atoms with van der Waals surface area (Å²) in [5.74, 6) is -2.25. The Balaban J connectivity index is 2.03. The molecule has 0 aliphatic carbocycles. The Morgan fingerprint density at radius 1 is 0.842 bits per heavy atom. The number of aliphatic hydroxyl groups excluding tert-OH is 1. The van der Waals surface area contributed by atoms with E-state index in [0.29, 0.717) is 11.1 Å². The van der Waals surface area contributed by atoms with Crippen molar-refractivity contribution in [1.82, 2.24) is 0 Å². The lowest BCUT2D eigenvalue weighted by atomic mass is 10.0. The Kier molecular flexibility index (Phi) is 4.22. The van der Waals surface area contributed by atoms with Crippen LogP contribution in [0.2, 0.25) is 0 Å². The van der Waals surface area contributed by atoms with Crippen LogP contribution in [0.25, 0.3) is 0 Å². The maximum Gasteiger partial charge on any atom is 0.159 e. The van der Waals surface area contributed by atoms with Gasteiger partial charge in [0.15, 0.2) is 11.6 Å². The van der Waals surface area contributed by atoms with E-state index in [-0.39, 0.29) is 18.7 Å². The van der Waals surface area contributed by atoms with Gasteiger partial charge in [-0.05, 0) is 35.7 Å². The molecule has 0 aliphatic rings. The quantitative estimate of drug-likeness (QED) is 0.900. The van der Waals surface area contributed by atoms with E-state index < -0.39 is 17.7 Å². The number of rotatable bonds is 4. The van der Waals surface area contributed by atoms with Gasteiger partial charge < -0.3 is 5.11 Å². The Hall–Kier alpha value is -1.81. The molecule has 0 saturated heterocycles. The number of halogens is 3. The molecule has 0 saturated carbocycles. The molecule has 0 heterocycles. The topological polar surface area (TPSA) is 20.2 Å². The third-order valence-corrected chi connectivity index (χ3v) is 2.87. The first kappa shape index (κ1) is 13.6. The van der Waals surface area contributed by atoms with Crippen molar-refractivity contribution in [2.45, 2.75) is 18.9 Å². The van der Waals surface area contributed by atoms with Crippen LogP contribution in [0, 0.1) is 17.5 Å². The summed E-state index contributed by atoms with van der Waals surface area (Å²) in [4.78, 5) is 0. The van der Waals surface area contributed by atoms with Crippen molar-refractivity contribution < 1.29 is 18.3 Å². The lowest BCUT2D eigenvalue weighted by Gasteiger charge is -2.11. The smallest absolute Gasteiger partial charge is 0.159 e. The number of aliphatic hydroxyl groups is 1. The molecule has 0 radical (unpaired) electrons. The van der Waals surface area contributed by atoms with Gasteiger partial charge >= 0.3 is 0 Å². The van der Waals surface area contributed by atoms with Gasteiger partial charge in [-0.15, -0.1) is 0 Å². The standard InChI is InChI=1S/C15H13F3O/c16-13-4-2-1-3-11(13)9-12(19)7-10-5-6-14(17)15(18)8-10/h1-6,8,12,19H,7,9H2. The van der Waals surface area contributed by atoms with E-state index in [1.165, 1.54) is 12.1 Å². The first-order chi connectivity index (χ1) is 9.06. The molecule has 2 aromatic rings. The predicted molar refractivity (Wildman–Crippen MR) is 66.2 cm³/mol. The van der Waals surface area contributed by atoms with Gasteiger partial charge in [-0.3, -0.25) is 0 Å². The highest BCUT2D eigenvalue weighted by atomic mass is 19.2. The summed E-state index contributed by atoms with van der Waals surface area (Å²) in [6, 6.07) is 9.62. The second-order valence-corrected chi connectivity index (χ2v) is 4.40. The summed E-state index contributed by atoms with van der Waals surface area (Å²) in [5, 5.41) is 9.86. The SMILES string of the molecule is OC(Cc1ccc(F)c(F)c1)Cc1ccccc1F. The van der Waals surface area contributed by atoms with Crippen molar-refractivity contribution in [3.05, 3.63) is 71.0 Å². The fraction of sp³-hybridized carbons (Fsp3) is 0.200. The summed E-state index contributed by atoms with van der Waals surface area (Å²) < 4.78 is 39.1. The number of benzene rings is 2.